The molecule has 174 valence electrons. The van der Waals surface area contributed by atoms with Crippen molar-refractivity contribution in [2.75, 3.05) is 18.0 Å². The van der Waals surface area contributed by atoms with Crippen LogP contribution in [0.1, 0.15) is 18.4 Å². The number of imidazole rings is 1. The fourth-order valence-corrected chi connectivity index (χ4v) is 4.87. The largest absolute Gasteiger partial charge is 0.490 e. The first-order valence-corrected chi connectivity index (χ1v) is 12.3. The molecule has 0 saturated carbocycles. The summed E-state index contributed by atoms with van der Waals surface area (Å²) in [5.41, 5.74) is 4.47. The Hall–Kier alpha value is -4.12. The first-order chi connectivity index (χ1) is 17.3. The highest BCUT2D eigenvalue weighted by Crippen LogP contribution is 2.30. The van der Waals surface area contributed by atoms with Gasteiger partial charge < -0.3 is 14.2 Å². The van der Waals surface area contributed by atoms with Crippen LogP contribution in [0.25, 0.3) is 22.4 Å². The zero-order valence-electron chi connectivity index (χ0n) is 19.6. The number of fused-ring (bicyclic) bond motifs is 1. The summed E-state index contributed by atoms with van der Waals surface area (Å²) in [4.78, 5) is 11.8. The summed E-state index contributed by atoms with van der Waals surface area (Å²) in [6.07, 6.45) is 4.02. The van der Waals surface area contributed by atoms with Crippen molar-refractivity contribution in [1.82, 2.24) is 14.5 Å². The van der Waals surface area contributed by atoms with Gasteiger partial charge in [0.25, 0.3) is 0 Å². The monoisotopic (exact) mass is 460 g/mol. The molecule has 5 heteroatoms. The van der Waals surface area contributed by atoms with Gasteiger partial charge in [0.15, 0.2) is 0 Å². The van der Waals surface area contributed by atoms with E-state index in [1.165, 1.54) is 5.56 Å². The molecule has 1 aliphatic heterocycles. The van der Waals surface area contributed by atoms with Gasteiger partial charge in [-0.1, -0.05) is 60.7 Å². The Morgan fingerprint density at radius 1 is 0.800 bits per heavy atom. The van der Waals surface area contributed by atoms with Gasteiger partial charge in [0.2, 0.25) is 0 Å². The molecule has 35 heavy (non-hydrogen) atoms. The molecule has 1 aliphatic rings. The topological polar surface area (TPSA) is 43.2 Å². The molecule has 1 saturated heterocycles. The van der Waals surface area contributed by atoms with Crippen LogP contribution in [0.2, 0.25) is 0 Å². The summed E-state index contributed by atoms with van der Waals surface area (Å²) in [7, 11) is 0. The van der Waals surface area contributed by atoms with Crippen LogP contribution in [-0.4, -0.2) is 33.7 Å². The predicted octanol–water partition coefficient (Wildman–Crippen LogP) is 6.19. The smallest absolute Gasteiger partial charge is 0.141 e. The van der Waals surface area contributed by atoms with E-state index in [1.54, 1.807) is 0 Å². The second-order valence-electron chi connectivity index (χ2n) is 9.02. The third-order valence-corrected chi connectivity index (χ3v) is 6.65. The van der Waals surface area contributed by atoms with Crippen LogP contribution in [0.3, 0.4) is 0 Å². The molecule has 5 nitrogen and oxygen atoms in total. The number of nitrogens with zero attached hydrogens (tertiary/aromatic N) is 4. The SMILES string of the molecule is c1ccc(Cn2c(-c3cccc(OC4CCN(c5ccccn5)CC4)c3)nc3ccccc32)cc1. The zero-order valence-corrected chi connectivity index (χ0v) is 19.6. The van der Waals surface area contributed by atoms with E-state index in [9.17, 15) is 0 Å². The molecule has 5 aromatic rings. The maximum atomic E-state index is 6.45. The molecule has 3 aromatic carbocycles. The molecule has 1 fully saturated rings. The lowest BCUT2D eigenvalue weighted by Gasteiger charge is -2.33. The summed E-state index contributed by atoms with van der Waals surface area (Å²) in [5.74, 6) is 2.91. The number of ether oxygens (including phenoxy) is 1. The number of hydrogen-bond donors (Lipinski definition) is 0. The number of pyridine rings is 1. The Bertz CT molecular complexity index is 1410. The van der Waals surface area contributed by atoms with E-state index in [0.717, 1.165) is 66.5 Å². The van der Waals surface area contributed by atoms with Crippen LogP contribution in [0.5, 0.6) is 5.75 Å². The van der Waals surface area contributed by atoms with Crippen molar-refractivity contribution < 1.29 is 4.74 Å². The van der Waals surface area contributed by atoms with Gasteiger partial charge in [0.05, 0.1) is 11.0 Å². The summed E-state index contributed by atoms with van der Waals surface area (Å²) in [6.45, 7) is 2.68. The third kappa shape index (κ3) is 4.62. The van der Waals surface area contributed by atoms with Crippen LogP contribution in [0, 0.1) is 0 Å². The van der Waals surface area contributed by atoms with Crippen LogP contribution < -0.4 is 9.64 Å². The minimum Gasteiger partial charge on any atom is -0.490 e. The van der Waals surface area contributed by atoms with Crippen molar-refractivity contribution in [3.8, 4) is 17.1 Å². The van der Waals surface area contributed by atoms with E-state index in [0.29, 0.717) is 0 Å². The zero-order chi connectivity index (χ0) is 23.5. The molecule has 6 rings (SSSR count). The Labute approximate surface area is 205 Å². The summed E-state index contributed by atoms with van der Waals surface area (Å²) < 4.78 is 8.75. The minimum atomic E-state index is 0.202. The molecular weight excluding hydrogens is 432 g/mol. The number of piperidine rings is 1. The molecule has 3 heterocycles. The van der Waals surface area contributed by atoms with Gasteiger partial charge >= 0.3 is 0 Å². The Morgan fingerprint density at radius 2 is 1.60 bits per heavy atom. The van der Waals surface area contributed by atoms with Crippen LogP contribution >= 0.6 is 0 Å². The molecular formula is C30H28N4O. The number of aromatic nitrogens is 3. The van der Waals surface area contributed by atoms with Crippen LogP contribution in [0.15, 0.2) is 103 Å². The molecule has 2 aromatic heterocycles. The molecule has 0 spiro atoms. The molecule has 0 atom stereocenters. The number of rotatable bonds is 6. The summed E-state index contributed by atoms with van der Waals surface area (Å²) in [6, 6.07) is 33.3. The highest BCUT2D eigenvalue weighted by atomic mass is 16.5. The van der Waals surface area contributed by atoms with E-state index < -0.39 is 0 Å². The average Bonchev–Trinajstić information content (AvgIpc) is 3.29. The second kappa shape index (κ2) is 9.63. The number of benzene rings is 3. The fraction of sp³-hybridized carbons (Fsp3) is 0.200. The van der Waals surface area contributed by atoms with Crippen molar-refractivity contribution in [1.29, 1.82) is 0 Å². The normalized spacial score (nSPS) is 14.3. The van der Waals surface area contributed by atoms with Gasteiger partial charge in [0.1, 0.15) is 23.5 Å². The van der Waals surface area contributed by atoms with Crippen molar-refractivity contribution in [2.45, 2.75) is 25.5 Å². The predicted molar refractivity (Wildman–Crippen MR) is 141 cm³/mol. The quantitative estimate of drug-likeness (QED) is 0.303. The van der Waals surface area contributed by atoms with Gasteiger partial charge in [-0.15, -0.1) is 0 Å². The van der Waals surface area contributed by atoms with Crippen LogP contribution in [-0.2, 0) is 6.54 Å². The maximum absolute atomic E-state index is 6.45. The number of para-hydroxylation sites is 2. The van der Waals surface area contributed by atoms with Crippen molar-refractivity contribution in [2.24, 2.45) is 0 Å². The van der Waals surface area contributed by atoms with E-state index in [1.807, 2.05) is 24.4 Å². The van der Waals surface area contributed by atoms with Crippen molar-refractivity contribution in [3.63, 3.8) is 0 Å². The van der Waals surface area contributed by atoms with Gasteiger partial charge in [-0.25, -0.2) is 9.97 Å². The minimum absolute atomic E-state index is 0.202. The second-order valence-corrected chi connectivity index (χ2v) is 9.02. The average molecular weight is 461 g/mol. The summed E-state index contributed by atoms with van der Waals surface area (Å²) >= 11 is 0. The molecule has 0 N–H and O–H groups in total. The van der Waals surface area contributed by atoms with E-state index >= 15 is 0 Å². The molecule has 0 aliphatic carbocycles. The maximum Gasteiger partial charge on any atom is 0.141 e. The molecule has 0 bridgehead atoms. The molecule has 0 amide bonds. The standard InChI is InChI=1S/C30H28N4O/c1-2-9-23(10-3-1)22-34-28-14-5-4-13-27(28)32-30(34)24-11-8-12-26(21-24)35-25-16-19-33(20-17-25)29-15-6-7-18-31-29/h1-15,18,21,25H,16-17,19-20,22H2. The lowest BCUT2D eigenvalue weighted by atomic mass is 10.1. The van der Waals surface area contributed by atoms with E-state index in [-0.39, 0.29) is 6.10 Å². The number of anilines is 1. The van der Waals surface area contributed by atoms with Crippen molar-refractivity contribution in [3.05, 3.63) is 109 Å². The van der Waals surface area contributed by atoms with E-state index in [2.05, 4.69) is 93.3 Å². The number of hydrogen-bond acceptors (Lipinski definition) is 4. The van der Waals surface area contributed by atoms with Gasteiger partial charge in [-0.3, -0.25) is 0 Å². The first-order valence-electron chi connectivity index (χ1n) is 12.3. The molecule has 0 unspecified atom stereocenters. The first kappa shape index (κ1) is 21.4. The fourth-order valence-electron chi connectivity index (χ4n) is 4.87. The van der Waals surface area contributed by atoms with E-state index in [4.69, 9.17) is 9.72 Å². The summed E-state index contributed by atoms with van der Waals surface area (Å²) in [5, 5.41) is 0. The Morgan fingerprint density at radius 3 is 2.43 bits per heavy atom. The van der Waals surface area contributed by atoms with Crippen molar-refractivity contribution >= 4 is 16.9 Å². The third-order valence-electron chi connectivity index (χ3n) is 6.65. The molecule has 0 radical (unpaired) electrons. The Balaban J connectivity index is 1.23. The lowest BCUT2D eigenvalue weighted by Crippen LogP contribution is -2.38. The lowest BCUT2D eigenvalue weighted by molar-refractivity contribution is 0.171. The van der Waals surface area contributed by atoms with Gasteiger partial charge in [-0.2, -0.15) is 0 Å². The van der Waals surface area contributed by atoms with Gasteiger partial charge in [0, 0.05) is 44.2 Å². The highest BCUT2D eigenvalue weighted by Gasteiger charge is 2.22. The van der Waals surface area contributed by atoms with Gasteiger partial charge in [-0.05, 0) is 42.0 Å². The highest BCUT2D eigenvalue weighted by molar-refractivity contribution is 5.81. The van der Waals surface area contributed by atoms with Crippen LogP contribution in [0.4, 0.5) is 5.82 Å². The Kier molecular flexibility index (Phi) is 5.89.